The van der Waals surface area contributed by atoms with E-state index in [4.69, 9.17) is 5.73 Å². The topological polar surface area (TPSA) is 51.8 Å². The highest BCUT2D eigenvalue weighted by atomic mass is 32.2. The molecule has 0 bridgehead atoms. The van der Waals surface area contributed by atoms with Crippen molar-refractivity contribution in [2.75, 3.05) is 5.73 Å². The summed E-state index contributed by atoms with van der Waals surface area (Å²) < 4.78 is 13.2. The maximum Gasteiger partial charge on any atom is 0.124 e. The number of hydrogen-bond donors (Lipinski definition) is 1. The summed E-state index contributed by atoms with van der Waals surface area (Å²) in [6.45, 7) is 0. The van der Waals surface area contributed by atoms with Crippen LogP contribution in [-0.2, 0) is 0 Å². The number of anilines is 1. The third-order valence-electron chi connectivity index (χ3n) is 2.63. The van der Waals surface area contributed by atoms with Crippen LogP contribution in [0.4, 0.5) is 10.1 Å². The molecule has 0 aliphatic carbocycles. The van der Waals surface area contributed by atoms with Gasteiger partial charge in [-0.15, -0.1) is 0 Å². The first kappa shape index (κ1) is 11.9. The molecule has 0 fully saturated rings. The smallest absolute Gasteiger partial charge is 0.124 e. The van der Waals surface area contributed by atoms with E-state index >= 15 is 0 Å². The first-order valence-corrected chi connectivity index (χ1v) is 6.48. The van der Waals surface area contributed by atoms with Crippen LogP contribution in [0.1, 0.15) is 0 Å². The van der Waals surface area contributed by atoms with Crippen LogP contribution in [0.2, 0.25) is 0 Å². The zero-order chi connectivity index (χ0) is 13.2. The minimum atomic E-state index is -0.257. The Hall–Kier alpha value is -2.14. The van der Waals surface area contributed by atoms with Gasteiger partial charge in [0, 0.05) is 16.0 Å². The molecule has 0 radical (unpaired) electrons. The van der Waals surface area contributed by atoms with E-state index in [1.54, 1.807) is 18.2 Å². The fraction of sp³-hybridized carbons (Fsp3) is 0. The van der Waals surface area contributed by atoms with Crippen molar-refractivity contribution < 1.29 is 4.39 Å². The van der Waals surface area contributed by atoms with Crippen LogP contribution < -0.4 is 5.73 Å². The number of nitrogens with two attached hydrogens (primary N) is 1. The molecule has 5 heteroatoms. The molecule has 2 aromatic carbocycles. The van der Waals surface area contributed by atoms with Crippen molar-refractivity contribution in [2.45, 2.75) is 9.92 Å². The maximum atomic E-state index is 13.2. The summed E-state index contributed by atoms with van der Waals surface area (Å²) in [5, 5.41) is 1.70. The minimum absolute atomic E-state index is 0.257. The lowest BCUT2D eigenvalue weighted by atomic mass is 10.2. The molecule has 0 aliphatic heterocycles. The molecule has 1 aromatic heterocycles. The first-order chi connectivity index (χ1) is 9.22. The van der Waals surface area contributed by atoms with Crippen LogP contribution in [0, 0.1) is 5.82 Å². The molecule has 0 atom stereocenters. The molecule has 0 aliphatic rings. The normalized spacial score (nSPS) is 10.8. The monoisotopic (exact) mass is 271 g/mol. The van der Waals surface area contributed by atoms with Crippen molar-refractivity contribution in [3.8, 4) is 0 Å². The molecule has 3 rings (SSSR count). The van der Waals surface area contributed by atoms with Gasteiger partial charge in [0.25, 0.3) is 0 Å². The van der Waals surface area contributed by atoms with Crippen molar-refractivity contribution in [2.24, 2.45) is 0 Å². The lowest BCUT2D eigenvalue weighted by Gasteiger charge is -2.05. The predicted molar refractivity (Wildman–Crippen MR) is 74.5 cm³/mol. The molecule has 3 nitrogen and oxygen atoms in total. The van der Waals surface area contributed by atoms with E-state index in [0.717, 1.165) is 20.8 Å². The highest BCUT2D eigenvalue weighted by Gasteiger charge is 2.06. The van der Waals surface area contributed by atoms with Gasteiger partial charge in [-0.2, -0.15) is 0 Å². The molecule has 94 valence electrons. The largest absolute Gasteiger partial charge is 0.399 e. The van der Waals surface area contributed by atoms with Gasteiger partial charge in [0.15, 0.2) is 0 Å². The second-order valence-corrected chi connectivity index (χ2v) is 5.08. The molecule has 0 spiro atoms. The quantitative estimate of drug-likeness (QED) is 0.572. The molecule has 2 N–H and O–H groups in total. The third kappa shape index (κ3) is 2.51. The second kappa shape index (κ2) is 4.85. The number of nitrogens with zero attached hydrogens (tertiary/aromatic N) is 2. The Bertz CT molecular complexity index is 746. The number of aromatic nitrogens is 2. The van der Waals surface area contributed by atoms with Crippen molar-refractivity contribution in [1.82, 2.24) is 9.97 Å². The van der Waals surface area contributed by atoms with E-state index in [2.05, 4.69) is 9.97 Å². The Morgan fingerprint density at radius 3 is 2.79 bits per heavy atom. The van der Waals surface area contributed by atoms with Crippen molar-refractivity contribution in [3.63, 3.8) is 0 Å². The summed E-state index contributed by atoms with van der Waals surface area (Å²) in [6, 6.07) is 11.9. The predicted octanol–water partition coefficient (Wildman–Crippen LogP) is 3.50. The minimum Gasteiger partial charge on any atom is -0.399 e. The van der Waals surface area contributed by atoms with E-state index in [9.17, 15) is 4.39 Å². The summed E-state index contributed by atoms with van der Waals surface area (Å²) in [5.74, 6) is -0.257. The van der Waals surface area contributed by atoms with Gasteiger partial charge in [-0.1, -0.05) is 17.8 Å². The van der Waals surface area contributed by atoms with Crippen LogP contribution in [0.5, 0.6) is 0 Å². The molecule has 0 saturated heterocycles. The highest BCUT2D eigenvalue weighted by molar-refractivity contribution is 7.99. The Balaban J connectivity index is 2.06. The Morgan fingerprint density at radius 1 is 1.05 bits per heavy atom. The van der Waals surface area contributed by atoms with E-state index < -0.39 is 0 Å². The van der Waals surface area contributed by atoms with Crippen LogP contribution >= 0.6 is 11.8 Å². The Labute approximate surface area is 113 Å². The van der Waals surface area contributed by atoms with E-state index in [0.29, 0.717) is 5.69 Å². The number of halogens is 1. The average Bonchev–Trinajstić information content (AvgIpc) is 2.38. The Kier molecular flexibility index (Phi) is 3.05. The molecule has 19 heavy (non-hydrogen) atoms. The molecule has 0 saturated carbocycles. The zero-order valence-corrected chi connectivity index (χ0v) is 10.7. The number of hydrogen-bond acceptors (Lipinski definition) is 4. The van der Waals surface area contributed by atoms with Crippen molar-refractivity contribution in [3.05, 3.63) is 54.6 Å². The average molecular weight is 271 g/mol. The number of fused-ring (bicyclic) bond motifs is 1. The molecule has 3 aromatic rings. The molecule has 0 unspecified atom stereocenters. The van der Waals surface area contributed by atoms with E-state index in [-0.39, 0.29) is 5.82 Å². The fourth-order valence-electron chi connectivity index (χ4n) is 1.77. The molecule has 1 heterocycles. The molecular formula is C14H10FN3S. The standard InChI is InChI=1S/C14H10FN3S/c15-9-2-1-3-11(6-9)19-14-12-5-4-10(16)7-13(12)17-8-18-14/h1-8H,16H2. The SMILES string of the molecule is Nc1ccc2c(Sc3cccc(F)c3)ncnc2c1. The van der Waals surface area contributed by atoms with Crippen LogP contribution in [-0.4, -0.2) is 9.97 Å². The van der Waals surface area contributed by atoms with Gasteiger partial charge in [0.2, 0.25) is 0 Å². The van der Waals surface area contributed by atoms with Gasteiger partial charge in [-0.3, -0.25) is 0 Å². The summed E-state index contributed by atoms with van der Waals surface area (Å²) in [5.41, 5.74) is 7.18. The van der Waals surface area contributed by atoms with Crippen LogP contribution in [0.15, 0.2) is 58.7 Å². The molecular weight excluding hydrogens is 261 g/mol. The van der Waals surface area contributed by atoms with Gasteiger partial charge in [-0.25, -0.2) is 14.4 Å². The van der Waals surface area contributed by atoms with Gasteiger partial charge in [0.1, 0.15) is 17.2 Å². The second-order valence-electron chi connectivity index (χ2n) is 4.01. The van der Waals surface area contributed by atoms with Crippen LogP contribution in [0.3, 0.4) is 0 Å². The number of benzene rings is 2. The van der Waals surface area contributed by atoms with E-state index in [1.165, 1.54) is 30.2 Å². The fourth-order valence-corrected chi connectivity index (χ4v) is 2.70. The summed E-state index contributed by atoms with van der Waals surface area (Å²) in [6.07, 6.45) is 1.49. The van der Waals surface area contributed by atoms with Crippen molar-refractivity contribution >= 4 is 28.4 Å². The summed E-state index contributed by atoms with van der Waals surface area (Å²) in [7, 11) is 0. The van der Waals surface area contributed by atoms with Gasteiger partial charge >= 0.3 is 0 Å². The number of nitrogen functional groups attached to an aromatic ring is 1. The summed E-state index contributed by atoms with van der Waals surface area (Å²) >= 11 is 1.41. The zero-order valence-electron chi connectivity index (χ0n) is 9.88. The lowest BCUT2D eigenvalue weighted by molar-refractivity contribution is 0.624. The van der Waals surface area contributed by atoms with Crippen molar-refractivity contribution in [1.29, 1.82) is 0 Å². The summed E-state index contributed by atoms with van der Waals surface area (Å²) in [4.78, 5) is 9.24. The number of rotatable bonds is 2. The van der Waals surface area contributed by atoms with E-state index in [1.807, 2.05) is 12.1 Å². The van der Waals surface area contributed by atoms with Gasteiger partial charge < -0.3 is 5.73 Å². The van der Waals surface area contributed by atoms with Gasteiger partial charge in [0.05, 0.1) is 5.52 Å². The highest BCUT2D eigenvalue weighted by Crippen LogP contribution is 2.31. The Morgan fingerprint density at radius 2 is 1.95 bits per heavy atom. The lowest BCUT2D eigenvalue weighted by Crippen LogP contribution is -1.90. The van der Waals surface area contributed by atoms with Crippen LogP contribution in [0.25, 0.3) is 10.9 Å². The van der Waals surface area contributed by atoms with Gasteiger partial charge in [-0.05, 0) is 36.4 Å². The first-order valence-electron chi connectivity index (χ1n) is 5.66. The molecule has 0 amide bonds. The third-order valence-corrected chi connectivity index (χ3v) is 3.64. The maximum absolute atomic E-state index is 13.2.